The summed E-state index contributed by atoms with van der Waals surface area (Å²) in [4.78, 5) is 4.64. The summed E-state index contributed by atoms with van der Waals surface area (Å²) >= 11 is 0. The number of ether oxygens (including phenoxy) is 3. The van der Waals surface area contributed by atoms with Crippen molar-refractivity contribution in [2.75, 3.05) is 33.0 Å². The van der Waals surface area contributed by atoms with Gasteiger partial charge in [-0.25, -0.2) is 0 Å². The van der Waals surface area contributed by atoms with E-state index in [2.05, 4.69) is 23.2 Å². The largest absolute Gasteiger partial charge is 0.476 e. The Kier molecular flexibility index (Phi) is 5.56. The lowest BCUT2D eigenvalue weighted by molar-refractivity contribution is -0.108. The summed E-state index contributed by atoms with van der Waals surface area (Å²) in [5.41, 5.74) is 11.0. The number of nitrogens with zero attached hydrogens (tertiary/aromatic N) is 1. The van der Waals surface area contributed by atoms with Crippen LogP contribution in [0.5, 0.6) is 0 Å². The van der Waals surface area contributed by atoms with E-state index in [9.17, 15) is 0 Å². The molecule has 0 bridgehead atoms. The minimum atomic E-state index is -0.0506. The van der Waals surface area contributed by atoms with Crippen molar-refractivity contribution in [3.63, 3.8) is 0 Å². The summed E-state index contributed by atoms with van der Waals surface area (Å²) in [5.74, 6) is 1.35. The fourth-order valence-corrected chi connectivity index (χ4v) is 3.54. The maximum atomic E-state index is 6.06. The topological polar surface area (TPSA) is 66.1 Å². The van der Waals surface area contributed by atoms with E-state index < -0.39 is 0 Å². The van der Waals surface area contributed by atoms with Gasteiger partial charge in [-0.1, -0.05) is 31.0 Å². The summed E-state index contributed by atoms with van der Waals surface area (Å²) in [7, 11) is 0. The number of fused-ring (bicyclic) bond motifs is 1. The van der Waals surface area contributed by atoms with E-state index in [4.69, 9.17) is 19.9 Å². The smallest absolute Gasteiger partial charge is 0.186 e. The van der Waals surface area contributed by atoms with Crippen LogP contribution >= 0.6 is 0 Å². The van der Waals surface area contributed by atoms with Crippen LogP contribution in [0.4, 0.5) is 0 Å². The summed E-state index contributed by atoms with van der Waals surface area (Å²) in [6, 6.07) is 6.78. The molecule has 2 N–H and O–H groups in total. The number of rotatable bonds is 7. The molecule has 0 amide bonds. The second kappa shape index (κ2) is 8.23. The molecule has 1 saturated carbocycles. The number of allylic oxidation sites excluding steroid dienone is 1. The summed E-state index contributed by atoms with van der Waals surface area (Å²) < 4.78 is 16.6. The van der Waals surface area contributed by atoms with E-state index in [0.717, 1.165) is 24.6 Å². The van der Waals surface area contributed by atoms with Crippen molar-refractivity contribution in [3.05, 3.63) is 46.8 Å². The molecule has 1 aromatic rings. The lowest BCUT2D eigenvalue weighted by atomic mass is 9.93. The van der Waals surface area contributed by atoms with Crippen molar-refractivity contribution in [1.29, 1.82) is 0 Å². The number of nitrogens with two attached hydrogens (primary N) is 1. The van der Waals surface area contributed by atoms with Gasteiger partial charge in [0, 0.05) is 18.2 Å². The molecule has 3 aliphatic rings. The molecular formula is C21H28N2O3. The first-order valence-electron chi connectivity index (χ1n) is 9.74. The highest BCUT2D eigenvalue weighted by atomic mass is 16.6. The average molecular weight is 356 g/mol. The summed E-state index contributed by atoms with van der Waals surface area (Å²) in [5, 5.41) is 0. The molecule has 0 aromatic heterocycles. The van der Waals surface area contributed by atoms with E-state index in [1.54, 1.807) is 0 Å². The maximum Gasteiger partial charge on any atom is 0.186 e. The van der Waals surface area contributed by atoms with E-state index in [0.29, 0.717) is 32.3 Å². The van der Waals surface area contributed by atoms with Gasteiger partial charge in [-0.15, -0.1) is 0 Å². The van der Waals surface area contributed by atoms with E-state index in [1.165, 1.54) is 42.4 Å². The second-order valence-corrected chi connectivity index (χ2v) is 7.42. The molecule has 0 unspecified atom stereocenters. The van der Waals surface area contributed by atoms with Crippen LogP contribution in [0.2, 0.25) is 0 Å². The fraction of sp³-hybridized carbons (Fsp3) is 0.571. The number of aliphatic imine (C=N–C) groups is 1. The van der Waals surface area contributed by atoms with Gasteiger partial charge in [0.15, 0.2) is 5.88 Å². The van der Waals surface area contributed by atoms with Crippen LogP contribution < -0.4 is 5.73 Å². The molecule has 2 heterocycles. The number of hydrogen-bond donors (Lipinski definition) is 1. The van der Waals surface area contributed by atoms with Gasteiger partial charge < -0.3 is 19.9 Å². The zero-order valence-corrected chi connectivity index (χ0v) is 15.3. The van der Waals surface area contributed by atoms with Gasteiger partial charge >= 0.3 is 0 Å². The molecule has 1 atom stereocenters. The lowest BCUT2D eigenvalue weighted by Crippen LogP contribution is -2.32. The molecule has 1 aromatic carbocycles. The van der Waals surface area contributed by atoms with Crippen molar-refractivity contribution in [2.45, 2.75) is 38.2 Å². The Balaban J connectivity index is 1.38. The Labute approximate surface area is 155 Å². The zero-order valence-electron chi connectivity index (χ0n) is 15.3. The Bertz CT molecular complexity index is 688. The highest BCUT2D eigenvalue weighted by Gasteiger charge is 2.21. The zero-order chi connectivity index (χ0) is 17.8. The third kappa shape index (κ3) is 4.65. The predicted octanol–water partition coefficient (Wildman–Crippen LogP) is 2.61. The second-order valence-electron chi connectivity index (χ2n) is 7.42. The first-order chi connectivity index (χ1) is 12.8. The molecule has 4 rings (SSSR count). The van der Waals surface area contributed by atoms with E-state index >= 15 is 0 Å². The van der Waals surface area contributed by atoms with Crippen molar-refractivity contribution in [2.24, 2.45) is 16.6 Å². The SMILES string of the molecule is NC(=CC1=NCCc2cc(CCC3CC3)ccc21)OC[C@H]1COCCO1. The van der Waals surface area contributed by atoms with Crippen LogP contribution in [0, 0.1) is 5.92 Å². The highest BCUT2D eigenvalue weighted by molar-refractivity contribution is 6.10. The minimum absolute atomic E-state index is 0.0506. The number of aryl methyl sites for hydroxylation is 1. The fourth-order valence-electron chi connectivity index (χ4n) is 3.54. The molecule has 5 nitrogen and oxygen atoms in total. The highest BCUT2D eigenvalue weighted by Crippen LogP contribution is 2.33. The summed E-state index contributed by atoms with van der Waals surface area (Å²) in [6.45, 7) is 3.03. The van der Waals surface area contributed by atoms with Gasteiger partial charge in [0.2, 0.25) is 0 Å². The molecule has 0 radical (unpaired) electrons. The van der Waals surface area contributed by atoms with Gasteiger partial charge in [-0.3, -0.25) is 4.99 Å². The van der Waals surface area contributed by atoms with Crippen molar-refractivity contribution < 1.29 is 14.2 Å². The first-order valence-corrected chi connectivity index (χ1v) is 9.74. The average Bonchev–Trinajstić information content (AvgIpc) is 3.50. The third-order valence-corrected chi connectivity index (χ3v) is 5.25. The molecule has 1 aliphatic carbocycles. The van der Waals surface area contributed by atoms with E-state index in [-0.39, 0.29) is 6.10 Å². The molecule has 1 saturated heterocycles. The number of benzene rings is 1. The normalized spacial score (nSPS) is 23.3. The molecule has 2 aliphatic heterocycles. The molecule has 2 fully saturated rings. The quantitative estimate of drug-likeness (QED) is 0.763. The molecule has 140 valence electrons. The van der Waals surface area contributed by atoms with Crippen molar-refractivity contribution in [1.82, 2.24) is 0 Å². The van der Waals surface area contributed by atoms with E-state index in [1.807, 2.05) is 6.08 Å². The predicted molar refractivity (Wildman–Crippen MR) is 101 cm³/mol. The number of hydrogen-bond acceptors (Lipinski definition) is 5. The maximum absolute atomic E-state index is 6.06. The van der Waals surface area contributed by atoms with Crippen LogP contribution in [-0.4, -0.2) is 44.8 Å². The van der Waals surface area contributed by atoms with Crippen LogP contribution in [0.3, 0.4) is 0 Å². The lowest BCUT2D eigenvalue weighted by Gasteiger charge is -2.23. The third-order valence-electron chi connectivity index (χ3n) is 5.25. The van der Waals surface area contributed by atoms with Crippen LogP contribution in [0.15, 0.2) is 35.2 Å². The monoisotopic (exact) mass is 356 g/mol. The minimum Gasteiger partial charge on any atom is -0.476 e. The molecular weight excluding hydrogens is 328 g/mol. The van der Waals surface area contributed by atoms with Crippen LogP contribution in [0.25, 0.3) is 0 Å². The van der Waals surface area contributed by atoms with Crippen molar-refractivity contribution >= 4 is 5.71 Å². The van der Waals surface area contributed by atoms with Gasteiger partial charge in [-0.2, -0.15) is 0 Å². The molecule has 5 heteroatoms. The van der Waals surface area contributed by atoms with Crippen molar-refractivity contribution in [3.8, 4) is 0 Å². The van der Waals surface area contributed by atoms with Crippen LogP contribution in [-0.2, 0) is 27.1 Å². The molecule has 0 spiro atoms. The van der Waals surface area contributed by atoms with Gasteiger partial charge in [0.25, 0.3) is 0 Å². The Morgan fingerprint density at radius 3 is 3.04 bits per heavy atom. The Hall–Kier alpha value is -1.85. The Morgan fingerprint density at radius 1 is 1.31 bits per heavy atom. The van der Waals surface area contributed by atoms with Crippen LogP contribution in [0.1, 0.15) is 36.0 Å². The van der Waals surface area contributed by atoms with Gasteiger partial charge in [0.05, 0.1) is 25.5 Å². The van der Waals surface area contributed by atoms with Gasteiger partial charge in [0.1, 0.15) is 12.7 Å². The Morgan fingerprint density at radius 2 is 2.23 bits per heavy atom. The first kappa shape index (κ1) is 17.6. The summed E-state index contributed by atoms with van der Waals surface area (Å²) in [6.07, 6.45) is 8.14. The molecule has 26 heavy (non-hydrogen) atoms. The van der Waals surface area contributed by atoms with Gasteiger partial charge in [-0.05, 0) is 36.3 Å². The standard InChI is InChI=1S/C21H28N2O3/c22-21(26-14-18-13-24-9-10-25-18)12-20-19-6-5-16(4-3-15-1-2-15)11-17(19)7-8-23-20/h5-6,11-12,15,18H,1-4,7-10,13-14,22H2/t18-/m1/s1.